The smallest absolute Gasteiger partial charge is 0.326 e. The van der Waals surface area contributed by atoms with Gasteiger partial charge in [0, 0.05) is 32.7 Å². The van der Waals surface area contributed by atoms with E-state index < -0.39 is 5.69 Å². The molecule has 8 heteroatoms. The monoisotopic (exact) mass is 381 g/mol. The molecule has 2 heterocycles. The highest BCUT2D eigenvalue weighted by atomic mass is 16.2. The fourth-order valence-corrected chi connectivity index (χ4v) is 3.85. The quantitative estimate of drug-likeness (QED) is 0.722. The minimum Gasteiger partial charge on any atom is -0.326 e. The molecule has 0 radical (unpaired) electrons. The van der Waals surface area contributed by atoms with Crippen LogP contribution >= 0.6 is 0 Å². The summed E-state index contributed by atoms with van der Waals surface area (Å²) in [6, 6.07) is 6.11. The van der Waals surface area contributed by atoms with Crippen LogP contribution in [0.4, 0.5) is 5.69 Å². The van der Waals surface area contributed by atoms with Gasteiger partial charge >= 0.3 is 5.69 Å². The summed E-state index contributed by atoms with van der Waals surface area (Å²) in [5.74, 6) is -0.0531. The van der Waals surface area contributed by atoms with Crippen molar-refractivity contribution < 1.29 is 4.79 Å². The molecule has 1 aliphatic carbocycles. The lowest BCUT2D eigenvalue weighted by molar-refractivity contribution is -0.116. The van der Waals surface area contributed by atoms with E-state index in [0.29, 0.717) is 30.6 Å². The van der Waals surface area contributed by atoms with Gasteiger partial charge in [-0.05, 0) is 48.9 Å². The van der Waals surface area contributed by atoms with Gasteiger partial charge in [0.1, 0.15) is 0 Å². The molecule has 2 aromatic heterocycles. The maximum Gasteiger partial charge on any atom is 0.332 e. The minimum absolute atomic E-state index is 0.0531. The molecule has 3 aromatic rings. The number of carbonyl (C=O) groups excluding carboxylic acids is 1. The Labute approximate surface area is 161 Å². The summed E-state index contributed by atoms with van der Waals surface area (Å²) in [5, 5.41) is 2.95. The third-order valence-corrected chi connectivity index (χ3v) is 5.40. The molecule has 0 saturated carbocycles. The standard InChI is InChI=1S/C20H23N5O3/c1-23-18-17(19(27)24(2)20(23)28)25(12-21-18)10-4-7-16(26)22-15-9-8-13-5-3-6-14(13)11-15/h8-9,11-12H,3-7,10H2,1-2H3,(H,22,26). The number of hydrogen-bond acceptors (Lipinski definition) is 4. The zero-order valence-corrected chi connectivity index (χ0v) is 16.1. The average molecular weight is 381 g/mol. The number of anilines is 1. The normalized spacial score (nSPS) is 13.1. The van der Waals surface area contributed by atoms with Crippen LogP contribution in [0.2, 0.25) is 0 Å². The number of aryl methyl sites for hydroxylation is 4. The molecule has 28 heavy (non-hydrogen) atoms. The van der Waals surface area contributed by atoms with Gasteiger partial charge in [-0.15, -0.1) is 0 Å². The summed E-state index contributed by atoms with van der Waals surface area (Å²) in [6.45, 7) is 0.474. The predicted molar refractivity (Wildman–Crippen MR) is 107 cm³/mol. The predicted octanol–water partition coefficient (Wildman–Crippen LogP) is 1.34. The molecule has 0 unspecified atom stereocenters. The molecular weight excluding hydrogens is 358 g/mol. The minimum atomic E-state index is -0.406. The van der Waals surface area contributed by atoms with Crippen molar-refractivity contribution in [3.8, 4) is 0 Å². The zero-order chi connectivity index (χ0) is 19.8. The van der Waals surface area contributed by atoms with E-state index in [1.807, 2.05) is 6.07 Å². The molecular formula is C20H23N5O3. The highest BCUT2D eigenvalue weighted by Gasteiger charge is 2.15. The first-order chi connectivity index (χ1) is 13.5. The molecule has 1 aliphatic rings. The van der Waals surface area contributed by atoms with Crippen LogP contribution in [0.15, 0.2) is 34.1 Å². The Kier molecular flexibility index (Phi) is 4.62. The molecule has 0 fully saturated rings. The number of rotatable bonds is 5. The first-order valence-electron chi connectivity index (χ1n) is 9.48. The average Bonchev–Trinajstić information content (AvgIpc) is 3.31. The van der Waals surface area contributed by atoms with Crippen molar-refractivity contribution in [3.05, 3.63) is 56.5 Å². The molecule has 0 saturated heterocycles. The van der Waals surface area contributed by atoms with E-state index in [1.165, 1.54) is 29.2 Å². The summed E-state index contributed by atoms with van der Waals surface area (Å²) >= 11 is 0. The number of benzene rings is 1. The zero-order valence-electron chi connectivity index (χ0n) is 16.1. The maximum absolute atomic E-state index is 12.4. The number of fused-ring (bicyclic) bond motifs is 2. The molecule has 1 amide bonds. The Balaban J connectivity index is 1.42. The van der Waals surface area contributed by atoms with Crippen molar-refractivity contribution in [2.75, 3.05) is 5.32 Å². The number of hydrogen-bond donors (Lipinski definition) is 1. The van der Waals surface area contributed by atoms with Gasteiger partial charge in [-0.2, -0.15) is 0 Å². The number of carbonyl (C=O) groups is 1. The van der Waals surface area contributed by atoms with Crippen LogP contribution in [0.1, 0.15) is 30.4 Å². The lowest BCUT2D eigenvalue weighted by atomic mass is 10.1. The van der Waals surface area contributed by atoms with Crippen LogP contribution in [0, 0.1) is 0 Å². The van der Waals surface area contributed by atoms with E-state index in [0.717, 1.165) is 23.1 Å². The van der Waals surface area contributed by atoms with E-state index in [1.54, 1.807) is 17.9 Å². The van der Waals surface area contributed by atoms with E-state index in [-0.39, 0.29) is 11.5 Å². The first kappa shape index (κ1) is 18.2. The molecule has 1 aromatic carbocycles. The lowest BCUT2D eigenvalue weighted by Gasteiger charge is -2.09. The van der Waals surface area contributed by atoms with E-state index in [9.17, 15) is 14.4 Å². The molecule has 0 spiro atoms. The molecule has 0 aliphatic heterocycles. The third kappa shape index (κ3) is 3.15. The highest BCUT2D eigenvalue weighted by Crippen LogP contribution is 2.25. The Morgan fingerprint density at radius 3 is 2.75 bits per heavy atom. The summed E-state index contributed by atoms with van der Waals surface area (Å²) in [6.07, 6.45) is 5.81. The summed E-state index contributed by atoms with van der Waals surface area (Å²) < 4.78 is 4.13. The van der Waals surface area contributed by atoms with Crippen molar-refractivity contribution in [3.63, 3.8) is 0 Å². The van der Waals surface area contributed by atoms with Crippen LogP contribution < -0.4 is 16.6 Å². The number of nitrogens with zero attached hydrogens (tertiary/aromatic N) is 4. The first-order valence-corrected chi connectivity index (χ1v) is 9.48. The Bertz CT molecular complexity index is 1180. The topological polar surface area (TPSA) is 90.9 Å². The van der Waals surface area contributed by atoms with Gasteiger partial charge in [-0.3, -0.25) is 18.7 Å². The summed E-state index contributed by atoms with van der Waals surface area (Å²) in [4.78, 5) is 40.9. The van der Waals surface area contributed by atoms with E-state index in [2.05, 4.69) is 22.4 Å². The van der Waals surface area contributed by atoms with Crippen molar-refractivity contribution >= 4 is 22.8 Å². The van der Waals surface area contributed by atoms with Crippen molar-refractivity contribution in [1.82, 2.24) is 18.7 Å². The lowest BCUT2D eigenvalue weighted by Crippen LogP contribution is -2.37. The fourth-order valence-electron chi connectivity index (χ4n) is 3.85. The van der Waals surface area contributed by atoms with Crippen LogP contribution in [0.5, 0.6) is 0 Å². The third-order valence-electron chi connectivity index (χ3n) is 5.40. The second-order valence-corrected chi connectivity index (χ2v) is 7.30. The van der Waals surface area contributed by atoms with Gasteiger partial charge in [0.25, 0.3) is 5.56 Å². The van der Waals surface area contributed by atoms with Crippen LogP contribution in [-0.2, 0) is 38.3 Å². The largest absolute Gasteiger partial charge is 0.332 e. The second kappa shape index (κ2) is 7.10. The number of aromatic nitrogens is 4. The van der Waals surface area contributed by atoms with Gasteiger partial charge in [-0.1, -0.05) is 6.07 Å². The van der Waals surface area contributed by atoms with E-state index >= 15 is 0 Å². The number of nitrogens with one attached hydrogen (secondary N) is 1. The summed E-state index contributed by atoms with van der Waals surface area (Å²) in [5.41, 5.74) is 3.49. The fraction of sp³-hybridized carbons (Fsp3) is 0.400. The van der Waals surface area contributed by atoms with Gasteiger partial charge in [0.15, 0.2) is 11.2 Å². The SMILES string of the molecule is Cn1c(=O)c2c(ncn2CCCC(=O)Nc2ccc3c(c2)CCC3)n(C)c1=O. The Hall–Kier alpha value is -3.16. The van der Waals surface area contributed by atoms with Gasteiger partial charge in [-0.25, -0.2) is 9.78 Å². The highest BCUT2D eigenvalue weighted by molar-refractivity contribution is 5.90. The van der Waals surface area contributed by atoms with Crippen molar-refractivity contribution in [2.45, 2.75) is 38.6 Å². The second-order valence-electron chi connectivity index (χ2n) is 7.30. The molecule has 0 bridgehead atoms. The van der Waals surface area contributed by atoms with Gasteiger partial charge in [0.2, 0.25) is 5.91 Å². The molecule has 1 N–H and O–H groups in total. The van der Waals surface area contributed by atoms with E-state index in [4.69, 9.17) is 0 Å². The van der Waals surface area contributed by atoms with Crippen LogP contribution in [0.25, 0.3) is 11.2 Å². The molecule has 8 nitrogen and oxygen atoms in total. The summed E-state index contributed by atoms with van der Waals surface area (Å²) in [7, 11) is 3.04. The van der Waals surface area contributed by atoms with Crippen LogP contribution in [0.3, 0.4) is 0 Å². The van der Waals surface area contributed by atoms with Crippen LogP contribution in [-0.4, -0.2) is 24.6 Å². The number of imidazole rings is 1. The van der Waals surface area contributed by atoms with Crippen molar-refractivity contribution in [2.24, 2.45) is 14.1 Å². The molecule has 0 atom stereocenters. The molecule has 146 valence electrons. The maximum atomic E-state index is 12.4. The Morgan fingerprint density at radius 2 is 1.93 bits per heavy atom. The molecule has 4 rings (SSSR count). The number of amides is 1. The van der Waals surface area contributed by atoms with Gasteiger partial charge in [0.05, 0.1) is 6.33 Å². The Morgan fingerprint density at radius 1 is 1.14 bits per heavy atom. The van der Waals surface area contributed by atoms with Crippen molar-refractivity contribution in [1.29, 1.82) is 0 Å². The van der Waals surface area contributed by atoms with Gasteiger partial charge < -0.3 is 9.88 Å².